The van der Waals surface area contributed by atoms with Crippen LogP contribution in [0.2, 0.25) is 0 Å². The van der Waals surface area contributed by atoms with Gasteiger partial charge >= 0.3 is 0 Å². The fraction of sp³-hybridized carbons (Fsp3) is 0.600. The molecule has 2 saturated heterocycles. The third-order valence-corrected chi connectivity index (χ3v) is 5.14. The summed E-state index contributed by atoms with van der Waals surface area (Å²) in [4.78, 5) is 3.31. The van der Waals surface area contributed by atoms with Crippen molar-refractivity contribution in [1.29, 1.82) is 0 Å². The smallest absolute Gasteiger partial charge is 0.136 e. The van der Waals surface area contributed by atoms with Crippen molar-refractivity contribution in [3.05, 3.63) is 30.1 Å². The summed E-state index contributed by atoms with van der Waals surface area (Å²) in [6, 6.07) is 8.49. The van der Waals surface area contributed by atoms with E-state index in [0.29, 0.717) is 6.04 Å². The van der Waals surface area contributed by atoms with E-state index in [9.17, 15) is 4.39 Å². The van der Waals surface area contributed by atoms with Gasteiger partial charge in [0.05, 0.1) is 0 Å². The summed E-state index contributed by atoms with van der Waals surface area (Å²) in [5.41, 5.74) is 0. The van der Waals surface area contributed by atoms with Crippen LogP contribution in [0.5, 0.6) is 0 Å². The molecule has 0 spiro atoms. The van der Waals surface area contributed by atoms with E-state index in [-0.39, 0.29) is 5.82 Å². The number of likely N-dealkylation sites (tertiary alicyclic amines) is 1. The van der Waals surface area contributed by atoms with Crippen molar-refractivity contribution in [2.24, 2.45) is 0 Å². The lowest BCUT2D eigenvalue weighted by atomic mass is 10.1. The number of nitrogens with one attached hydrogen (secondary N) is 1. The Balaban J connectivity index is 1.46. The van der Waals surface area contributed by atoms with Gasteiger partial charge in [0.1, 0.15) is 5.82 Å². The Hall–Kier alpha value is -0.580. The van der Waals surface area contributed by atoms with Gasteiger partial charge in [-0.05, 0) is 37.9 Å². The maximum absolute atomic E-state index is 13.5. The van der Waals surface area contributed by atoms with Crippen LogP contribution in [0.4, 0.5) is 4.39 Å². The summed E-state index contributed by atoms with van der Waals surface area (Å²) in [5, 5.41) is 3.69. The molecular weight excluding hydrogens is 259 g/mol. The van der Waals surface area contributed by atoms with Crippen molar-refractivity contribution in [3.8, 4) is 0 Å². The summed E-state index contributed by atoms with van der Waals surface area (Å²) < 4.78 is 13.5. The van der Waals surface area contributed by atoms with E-state index in [1.807, 2.05) is 12.1 Å². The quantitative estimate of drug-likeness (QED) is 0.854. The molecule has 0 radical (unpaired) electrons. The van der Waals surface area contributed by atoms with Crippen LogP contribution in [0.1, 0.15) is 19.3 Å². The lowest BCUT2D eigenvalue weighted by molar-refractivity contribution is 0.274. The molecule has 1 aromatic carbocycles. The number of hydrogen-bond donors (Lipinski definition) is 1. The predicted octanol–water partition coefficient (Wildman–Crippen LogP) is 2.74. The fourth-order valence-corrected chi connectivity index (χ4v) is 4.02. The maximum atomic E-state index is 13.5. The average molecular weight is 280 g/mol. The lowest BCUT2D eigenvalue weighted by Gasteiger charge is -2.23. The van der Waals surface area contributed by atoms with Gasteiger partial charge in [-0.3, -0.25) is 0 Å². The van der Waals surface area contributed by atoms with E-state index in [4.69, 9.17) is 0 Å². The molecule has 104 valence electrons. The van der Waals surface area contributed by atoms with Gasteiger partial charge in [-0.1, -0.05) is 12.1 Å². The van der Waals surface area contributed by atoms with E-state index >= 15 is 0 Å². The minimum Gasteiger partial charge on any atom is -0.310 e. The zero-order valence-electron chi connectivity index (χ0n) is 11.1. The van der Waals surface area contributed by atoms with Crippen molar-refractivity contribution < 1.29 is 4.39 Å². The summed E-state index contributed by atoms with van der Waals surface area (Å²) in [5.74, 6) is 0.877. The molecule has 2 aliphatic heterocycles. The van der Waals surface area contributed by atoms with E-state index in [1.54, 1.807) is 17.8 Å². The van der Waals surface area contributed by atoms with Gasteiger partial charge in [0.15, 0.2) is 0 Å². The molecule has 3 rings (SSSR count). The highest BCUT2D eigenvalue weighted by molar-refractivity contribution is 7.99. The highest BCUT2D eigenvalue weighted by Gasteiger charge is 2.28. The van der Waals surface area contributed by atoms with Crippen LogP contribution in [0.25, 0.3) is 0 Å². The third-order valence-electron chi connectivity index (χ3n) is 4.11. The minimum absolute atomic E-state index is 0.0934. The Bertz CT molecular complexity index is 426. The van der Waals surface area contributed by atoms with Gasteiger partial charge in [0, 0.05) is 35.8 Å². The van der Waals surface area contributed by atoms with Gasteiger partial charge < -0.3 is 10.2 Å². The van der Waals surface area contributed by atoms with Crippen LogP contribution in [0.3, 0.4) is 0 Å². The molecule has 2 unspecified atom stereocenters. The van der Waals surface area contributed by atoms with Crippen molar-refractivity contribution in [2.45, 2.75) is 36.2 Å². The molecule has 19 heavy (non-hydrogen) atoms. The highest BCUT2D eigenvalue weighted by Crippen LogP contribution is 2.23. The molecule has 1 aromatic rings. The van der Waals surface area contributed by atoms with E-state index in [1.165, 1.54) is 31.9 Å². The zero-order valence-corrected chi connectivity index (χ0v) is 12.0. The Labute approximate surface area is 118 Å². The number of nitrogens with zero attached hydrogens (tertiary/aromatic N) is 1. The zero-order chi connectivity index (χ0) is 13.1. The molecule has 0 amide bonds. The second-order valence-electron chi connectivity index (χ2n) is 5.51. The van der Waals surface area contributed by atoms with Crippen LogP contribution >= 0.6 is 11.8 Å². The lowest BCUT2D eigenvalue weighted by Crippen LogP contribution is -2.36. The summed E-state index contributed by atoms with van der Waals surface area (Å²) >= 11 is 1.63. The first-order valence-corrected chi connectivity index (χ1v) is 8.15. The molecule has 0 aromatic heterocycles. The SMILES string of the molecule is Fc1ccccc1SCCN1CCC2CCC(C1)N2. The van der Waals surface area contributed by atoms with Gasteiger partial charge in [-0.2, -0.15) is 0 Å². The number of hydrogen-bond acceptors (Lipinski definition) is 3. The van der Waals surface area contributed by atoms with Crippen molar-refractivity contribution in [3.63, 3.8) is 0 Å². The number of rotatable bonds is 4. The average Bonchev–Trinajstić information content (AvgIpc) is 2.74. The molecule has 1 N–H and O–H groups in total. The van der Waals surface area contributed by atoms with Crippen molar-refractivity contribution >= 4 is 11.8 Å². The summed E-state index contributed by atoms with van der Waals surface area (Å²) in [6.07, 6.45) is 3.94. The van der Waals surface area contributed by atoms with Crippen LogP contribution in [0, 0.1) is 5.82 Å². The van der Waals surface area contributed by atoms with E-state index < -0.39 is 0 Å². The molecule has 2 aliphatic rings. The number of benzene rings is 1. The largest absolute Gasteiger partial charge is 0.310 e. The summed E-state index contributed by atoms with van der Waals surface area (Å²) in [7, 11) is 0. The van der Waals surface area contributed by atoms with E-state index in [2.05, 4.69) is 10.2 Å². The van der Waals surface area contributed by atoms with Gasteiger partial charge in [0.2, 0.25) is 0 Å². The number of thioether (sulfide) groups is 1. The molecule has 2 atom stereocenters. The number of fused-ring (bicyclic) bond motifs is 2. The predicted molar refractivity (Wildman–Crippen MR) is 78.1 cm³/mol. The first-order chi connectivity index (χ1) is 9.31. The molecule has 2 heterocycles. The van der Waals surface area contributed by atoms with Gasteiger partial charge in [-0.25, -0.2) is 4.39 Å². The van der Waals surface area contributed by atoms with E-state index in [0.717, 1.165) is 29.8 Å². The molecule has 0 aliphatic carbocycles. The Kier molecular flexibility index (Phi) is 4.41. The highest BCUT2D eigenvalue weighted by atomic mass is 32.2. The van der Waals surface area contributed by atoms with Crippen LogP contribution in [-0.4, -0.2) is 42.4 Å². The summed E-state index contributed by atoms with van der Waals surface area (Å²) in [6.45, 7) is 3.41. The molecule has 2 bridgehead atoms. The fourth-order valence-electron chi connectivity index (χ4n) is 3.06. The Morgan fingerprint density at radius 1 is 1.21 bits per heavy atom. The third kappa shape index (κ3) is 3.50. The minimum atomic E-state index is -0.0934. The maximum Gasteiger partial charge on any atom is 0.136 e. The molecule has 2 nitrogen and oxygen atoms in total. The molecular formula is C15H21FN2S. The monoisotopic (exact) mass is 280 g/mol. The first-order valence-electron chi connectivity index (χ1n) is 7.17. The van der Waals surface area contributed by atoms with Crippen molar-refractivity contribution in [2.75, 3.05) is 25.4 Å². The molecule has 2 fully saturated rings. The van der Waals surface area contributed by atoms with Crippen LogP contribution < -0.4 is 5.32 Å². The van der Waals surface area contributed by atoms with Gasteiger partial charge in [-0.15, -0.1) is 11.8 Å². The first kappa shape index (κ1) is 13.4. The molecule has 4 heteroatoms. The second-order valence-corrected chi connectivity index (χ2v) is 6.64. The Morgan fingerprint density at radius 3 is 2.95 bits per heavy atom. The van der Waals surface area contributed by atoms with Crippen LogP contribution in [0.15, 0.2) is 29.2 Å². The van der Waals surface area contributed by atoms with Gasteiger partial charge in [0.25, 0.3) is 0 Å². The number of halogens is 1. The standard InChI is InChI=1S/C15H21FN2S/c16-14-3-1-2-4-15(14)19-10-9-18-8-7-12-5-6-13(11-18)17-12/h1-4,12-13,17H,5-11H2. The van der Waals surface area contributed by atoms with Crippen molar-refractivity contribution in [1.82, 2.24) is 10.2 Å². The normalized spacial score (nSPS) is 27.4. The van der Waals surface area contributed by atoms with Crippen LogP contribution in [-0.2, 0) is 0 Å². The Morgan fingerprint density at radius 2 is 2.05 bits per heavy atom. The molecule has 0 saturated carbocycles. The second kappa shape index (κ2) is 6.25. The topological polar surface area (TPSA) is 15.3 Å².